The van der Waals surface area contributed by atoms with Crippen molar-refractivity contribution < 1.29 is 0 Å². The minimum absolute atomic E-state index is 0.658. The Labute approximate surface area is 136 Å². The Morgan fingerprint density at radius 1 is 1.27 bits per heavy atom. The topological polar surface area (TPSA) is 37.3 Å². The van der Waals surface area contributed by atoms with E-state index in [9.17, 15) is 0 Å². The number of aryl methyl sites for hydroxylation is 1. The molecule has 0 bridgehead atoms. The number of nitrogens with zero attached hydrogens (tertiary/aromatic N) is 2. The van der Waals surface area contributed by atoms with Crippen LogP contribution in [0.2, 0.25) is 0 Å². The van der Waals surface area contributed by atoms with Crippen LogP contribution in [0.5, 0.6) is 0 Å². The summed E-state index contributed by atoms with van der Waals surface area (Å²) in [6.45, 7) is 7.10. The van der Waals surface area contributed by atoms with Gasteiger partial charge in [0, 0.05) is 18.1 Å². The second-order valence-electron chi connectivity index (χ2n) is 5.07. The monoisotopic (exact) mass is 313 g/mol. The molecular weight excluding hydrogens is 290 g/mol. The number of aliphatic imine (C=N–C) groups is 1. The summed E-state index contributed by atoms with van der Waals surface area (Å²) < 4.78 is 0. The van der Waals surface area contributed by atoms with Gasteiger partial charge >= 0.3 is 0 Å². The maximum absolute atomic E-state index is 4.81. The standard InChI is InChI=1S/C18H23N3S/c1-4-6-16(5-2)21-18(17-14(3)9-12-22-17)20-13-15-7-10-19-11-8-15/h6-12H,4-5,13H2,1-3H3,(H,20,21)/b16-6+. The molecule has 0 saturated heterocycles. The van der Waals surface area contributed by atoms with Crippen molar-refractivity contribution >= 4 is 17.2 Å². The van der Waals surface area contributed by atoms with E-state index in [4.69, 9.17) is 4.99 Å². The van der Waals surface area contributed by atoms with E-state index >= 15 is 0 Å². The van der Waals surface area contributed by atoms with E-state index < -0.39 is 0 Å². The Balaban J connectivity index is 2.25. The molecule has 2 aromatic rings. The molecule has 116 valence electrons. The maximum atomic E-state index is 4.81. The molecule has 0 aliphatic heterocycles. The van der Waals surface area contributed by atoms with Crippen LogP contribution >= 0.6 is 11.3 Å². The summed E-state index contributed by atoms with van der Waals surface area (Å²) in [5.74, 6) is 0.964. The van der Waals surface area contributed by atoms with Crippen LogP contribution in [0.25, 0.3) is 0 Å². The van der Waals surface area contributed by atoms with E-state index in [-0.39, 0.29) is 0 Å². The fourth-order valence-electron chi connectivity index (χ4n) is 2.12. The lowest BCUT2D eigenvalue weighted by atomic mass is 10.2. The van der Waals surface area contributed by atoms with Gasteiger partial charge in [-0.3, -0.25) is 9.98 Å². The molecule has 0 spiro atoms. The van der Waals surface area contributed by atoms with Crippen LogP contribution in [0.4, 0.5) is 0 Å². The van der Waals surface area contributed by atoms with E-state index in [1.807, 2.05) is 24.5 Å². The van der Waals surface area contributed by atoms with Gasteiger partial charge in [-0.15, -0.1) is 11.3 Å². The van der Waals surface area contributed by atoms with E-state index in [1.54, 1.807) is 11.3 Å². The van der Waals surface area contributed by atoms with E-state index in [1.165, 1.54) is 21.7 Å². The third-order valence-corrected chi connectivity index (χ3v) is 4.38. The number of hydrogen-bond acceptors (Lipinski definition) is 3. The molecule has 0 amide bonds. The summed E-state index contributed by atoms with van der Waals surface area (Å²) >= 11 is 1.73. The molecule has 3 nitrogen and oxygen atoms in total. The molecule has 2 rings (SSSR count). The van der Waals surface area contributed by atoms with Crippen LogP contribution in [-0.2, 0) is 6.54 Å². The van der Waals surface area contributed by atoms with Crippen LogP contribution in [0.3, 0.4) is 0 Å². The molecule has 0 atom stereocenters. The molecule has 0 aliphatic rings. The fraction of sp³-hybridized carbons (Fsp3) is 0.333. The van der Waals surface area contributed by atoms with Crippen molar-refractivity contribution in [3.8, 4) is 0 Å². The van der Waals surface area contributed by atoms with Crippen LogP contribution in [0.15, 0.2) is 52.7 Å². The van der Waals surface area contributed by atoms with Crippen molar-refractivity contribution in [1.29, 1.82) is 0 Å². The van der Waals surface area contributed by atoms with Crippen LogP contribution in [0.1, 0.15) is 42.7 Å². The summed E-state index contributed by atoms with van der Waals surface area (Å²) in [5.41, 5.74) is 3.66. The number of aromatic nitrogens is 1. The first-order valence-electron chi connectivity index (χ1n) is 7.68. The molecule has 2 heterocycles. The Morgan fingerprint density at radius 2 is 2.05 bits per heavy atom. The van der Waals surface area contributed by atoms with Crippen molar-refractivity contribution in [1.82, 2.24) is 10.3 Å². The summed E-state index contributed by atoms with van der Waals surface area (Å²) in [7, 11) is 0. The lowest BCUT2D eigenvalue weighted by Crippen LogP contribution is -2.23. The van der Waals surface area contributed by atoms with Gasteiger partial charge in [-0.2, -0.15) is 0 Å². The van der Waals surface area contributed by atoms with Gasteiger partial charge in [0.05, 0.1) is 11.4 Å². The van der Waals surface area contributed by atoms with Gasteiger partial charge in [0.25, 0.3) is 0 Å². The Morgan fingerprint density at radius 3 is 2.64 bits per heavy atom. The van der Waals surface area contributed by atoms with Gasteiger partial charge in [0.2, 0.25) is 0 Å². The minimum atomic E-state index is 0.658. The van der Waals surface area contributed by atoms with E-state index in [2.05, 4.69) is 48.6 Å². The molecule has 4 heteroatoms. The zero-order valence-corrected chi connectivity index (χ0v) is 14.3. The maximum Gasteiger partial charge on any atom is 0.143 e. The van der Waals surface area contributed by atoms with Crippen LogP contribution in [0, 0.1) is 6.92 Å². The molecule has 0 fully saturated rings. The van der Waals surface area contributed by atoms with Crippen LogP contribution < -0.4 is 5.32 Å². The predicted octanol–water partition coefficient (Wildman–Crippen LogP) is 4.69. The third kappa shape index (κ3) is 4.53. The number of pyridine rings is 1. The van der Waals surface area contributed by atoms with Crippen molar-refractivity contribution in [2.75, 3.05) is 0 Å². The largest absolute Gasteiger partial charge is 0.343 e. The zero-order chi connectivity index (χ0) is 15.8. The van der Waals surface area contributed by atoms with Gasteiger partial charge in [-0.25, -0.2) is 0 Å². The second-order valence-corrected chi connectivity index (χ2v) is 5.99. The first-order valence-corrected chi connectivity index (χ1v) is 8.56. The minimum Gasteiger partial charge on any atom is -0.343 e. The van der Waals surface area contributed by atoms with Gasteiger partial charge in [0.15, 0.2) is 0 Å². The molecule has 1 N–H and O–H groups in total. The van der Waals surface area contributed by atoms with Crippen molar-refractivity contribution in [3.63, 3.8) is 0 Å². The highest BCUT2D eigenvalue weighted by Gasteiger charge is 2.09. The number of thiophene rings is 1. The lowest BCUT2D eigenvalue weighted by Gasteiger charge is -2.12. The molecule has 0 radical (unpaired) electrons. The van der Waals surface area contributed by atoms with Gasteiger partial charge in [0.1, 0.15) is 5.84 Å². The highest BCUT2D eigenvalue weighted by molar-refractivity contribution is 7.12. The molecule has 0 aliphatic carbocycles. The van der Waals surface area contributed by atoms with Crippen molar-refractivity contribution in [2.24, 2.45) is 4.99 Å². The quantitative estimate of drug-likeness (QED) is 0.620. The zero-order valence-electron chi connectivity index (χ0n) is 13.5. The molecule has 2 aromatic heterocycles. The third-order valence-electron chi connectivity index (χ3n) is 3.36. The normalized spacial score (nSPS) is 12.5. The predicted molar refractivity (Wildman–Crippen MR) is 95.3 cm³/mol. The SMILES string of the molecule is CC/C=C(\CC)NC(=NCc1ccncc1)c1sccc1C. The van der Waals surface area contributed by atoms with Crippen LogP contribution in [-0.4, -0.2) is 10.8 Å². The number of amidine groups is 1. The Kier molecular flexibility index (Phi) is 6.34. The number of allylic oxidation sites excluding steroid dienone is 2. The first kappa shape index (κ1) is 16.4. The van der Waals surface area contributed by atoms with Gasteiger partial charge < -0.3 is 5.32 Å². The summed E-state index contributed by atoms with van der Waals surface area (Å²) in [4.78, 5) is 10.1. The van der Waals surface area contributed by atoms with Crippen molar-refractivity contribution in [2.45, 2.75) is 40.2 Å². The molecule has 0 unspecified atom stereocenters. The lowest BCUT2D eigenvalue weighted by molar-refractivity contribution is 0.936. The summed E-state index contributed by atoms with van der Waals surface area (Å²) in [6.07, 6.45) is 7.85. The van der Waals surface area contributed by atoms with Gasteiger partial charge in [-0.05, 0) is 54.5 Å². The summed E-state index contributed by atoms with van der Waals surface area (Å²) in [6, 6.07) is 6.15. The Hall–Kier alpha value is -1.94. The highest BCUT2D eigenvalue weighted by atomic mass is 32.1. The van der Waals surface area contributed by atoms with E-state index in [0.717, 1.165) is 18.7 Å². The average molecular weight is 313 g/mol. The molecule has 0 aromatic carbocycles. The molecule has 0 saturated carbocycles. The van der Waals surface area contributed by atoms with E-state index in [0.29, 0.717) is 6.54 Å². The number of nitrogens with one attached hydrogen (secondary N) is 1. The van der Waals surface area contributed by atoms with Crippen molar-refractivity contribution in [3.05, 3.63) is 63.7 Å². The second kappa shape index (κ2) is 8.49. The smallest absolute Gasteiger partial charge is 0.143 e. The Bertz CT molecular complexity index is 641. The number of hydrogen-bond donors (Lipinski definition) is 1. The van der Waals surface area contributed by atoms with Gasteiger partial charge in [-0.1, -0.05) is 19.9 Å². The summed E-state index contributed by atoms with van der Waals surface area (Å²) in [5, 5.41) is 5.64. The first-order chi connectivity index (χ1) is 10.7. The highest BCUT2D eigenvalue weighted by Crippen LogP contribution is 2.17. The molecular formula is C18H23N3S. The fourth-order valence-corrected chi connectivity index (χ4v) is 3.01. The molecule has 22 heavy (non-hydrogen) atoms. The number of rotatable bonds is 6. The average Bonchev–Trinajstić information content (AvgIpc) is 2.97.